The summed E-state index contributed by atoms with van der Waals surface area (Å²) in [7, 11) is 0. The normalized spacial score (nSPS) is 19.5. The Balaban J connectivity index is 1.52. The van der Waals surface area contributed by atoms with Crippen LogP contribution in [0.3, 0.4) is 0 Å². The quantitative estimate of drug-likeness (QED) is 0.776. The van der Waals surface area contributed by atoms with Crippen LogP contribution in [0.25, 0.3) is 0 Å². The molecule has 1 atom stereocenters. The summed E-state index contributed by atoms with van der Waals surface area (Å²) in [6, 6.07) is 7.74. The Morgan fingerprint density at radius 2 is 2.04 bits per heavy atom. The molecule has 1 aromatic heterocycles. The van der Waals surface area contributed by atoms with E-state index in [9.17, 15) is 4.79 Å². The molecule has 28 heavy (non-hydrogen) atoms. The van der Waals surface area contributed by atoms with Gasteiger partial charge in [0.25, 0.3) is 5.91 Å². The van der Waals surface area contributed by atoms with Crippen LogP contribution >= 0.6 is 0 Å². The zero-order chi connectivity index (χ0) is 19.5. The number of fused-ring (bicyclic) bond motifs is 1. The van der Waals surface area contributed by atoms with E-state index in [-0.39, 0.29) is 5.91 Å². The van der Waals surface area contributed by atoms with E-state index in [1.807, 2.05) is 29.2 Å². The number of carbonyl (C=O) groups excluding carboxylic acids is 1. The summed E-state index contributed by atoms with van der Waals surface area (Å²) in [6.07, 6.45) is 0.195. The molecule has 0 bridgehead atoms. The maximum Gasteiger partial charge on any atom is 0.265 e. The molecule has 2 aliphatic rings. The van der Waals surface area contributed by atoms with Crippen molar-refractivity contribution in [1.29, 1.82) is 0 Å². The number of hydrogen-bond donors (Lipinski definition) is 0. The summed E-state index contributed by atoms with van der Waals surface area (Å²) in [4.78, 5) is 21.4. The van der Waals surface area contributed by atoms with E-state index in [1.54, 1.807) is 0 Å². The smallest absolute Gasteiger partial charge is 0.265 e. The van der Waals surface area contributed by atoms with Crippen molar-refractivity contribution < 1.29 is 18.8 Å². The second-order valence-electron chi connectivity index (χ2n) is 7.59. The second-order valence-corrected chi connectivity index (χ2v) is 7.59. The van der Waals surface area contributed by atoms with Crippen molar-refractivity contribution in [1.82, 2.24) is 15.0 Å². The Kier molecular flexibility index (Phi) is 5.47. The zero-order valence-electron chi connectivity index (χ0n) is 16.3. The van der Waals surface area contributed by atoms with E-state index in [0.717, 1.165) is 12.1 Å². The first-order valence-corrected chi connectivity index (χ1v) is 9.79. The average Bonchev–Trinajstić information content (AvgIpc) is 3.14. The third-order valence-corrected chi connectivity index (χ3v) is 4.88. The van der Waals surface area contributed by atoms with E-state index in [2.05, 4.69) is 28.9 Å². The molecule has 8 heteroatoms. The molecule has 3 heterocycles. The highest BCUT2D eigenvalue weighted by atomic mass is 16.5. The summed E-state index contributed by atoms with van der Waals surface area (Å²) in [6.45, 7) is 7.48. The van der Waals surface area contributed by atoms with Crippen molar-refractivity contribution in [3.63, 3.8) is 0 Å². The minimum atomic E-state index is -0.560. The lowest BCUT2D eigenvalue weighted by atomic mass is 10.1. The van der Waals surface area contributed by atoms with E-state index >= 15 is 0 Å². The fourth-order valence-corrected chi connectivity index (χ4v) is 3.53. The van der Waals surface area contributed by atoms with Gasteiger partial charge in [0.1, 0.15) is 5.75 Å². The molecular weight excluding hydrogens is 360 g/mol. The van der Waals surface area contributed by atoms with Crippen LogP contribution in [0.2, 0.25) is 0 Å². The van der Waals surface area contributed by atoms with E-state index in [1.165, 1.54) is 0 Å². The topological polar surface area (TPSA) is 80.9 Å². The number of nitrogens with zero attached hydrogens (tertiary/aromatic N) is 4. The first-order chi connectivity index (χ1) is 13.6. The predicted octanol–water partition coefficient (Wildman–Crippen LogP) is 1.89. The van der Waals surface area contributed by atoms with E-state index in [4.69, 9.17) is 14.0 Å². The highest BCUT2D eigenvalue weighted by Crippen LogP contribution is 2.34. The number of anilines is 1. The van der Waals surface area contributed by atoms with Crippen LogP contribution in [-0.4, -0.2) is 59.9 Å². The molecule has 1 amide bonds. The first kappa shape index (κ1) is 18.7. The Labute approximate surface area is 164 Å². The lowest BCUT2D eigenvalue weighted by molar-refractivity contribution is -0.142. The highest BCUT2D eigenvalue weighted by molar-refractivity contribution is 5.83. The SMILES string of the molecule is CC(C)Cc1nc(CN2CC(C(=O)N3CCOCC3)Oc3ccccc32)no1. The number of carbonyl (C=O) groups is 1. The van der Waals surface area contributed by atoms with Gasteiger partial charge in [0.15, 0.2) is 11.9 Å². The van der Waals surface area contributed by atoms with Gasteiger partial charge >= 0.3 is 0 Å². The lowest BCUT2D eigenvalue weighted by Gasteiger charge is -2.37. The van der Waals surface area contributed by atoms with Gasteiger partial charge in [-0.05, 0) is 18.1 Å². The number of ether oxygens (including phenoxy) is 2. The highest BCUT2D eigenvalue weighted by Gasteiger charge is 2.34. The molecule has 1 saturated heterocycles. The van der Waals surface area contributed by atoms with Crippen LogP contribution < -0.4 is 9.64 Å². The number of rotatable bonds is 5. The molecule has 1 fully saturated rings. The van der Waals surface area contributed by atoms with Crippen molar-refractivity contribution >= 4 is 11.6 Å². The Bertz CT molecular complexity index is 816. The summed E-state index contributed by atoms with van der Waals surface area (Å²) in [5, 5.41) is 4.12. The molecule has 8 nitrogen and oxygen atoms in total. The van der Waals surface area contributed by atoms with Gasteiger partial charge in [-0.2, -0.15) is 4.98 Å². The standard InChI is InChI=1S/C20H26N4O4/c1-14(2)11-19-21-18(22-28-19)13-24-12-17(20(25)23-7-9-26-10-8-23)27-16-6-4-3-5-15(16)24/h3-6,14,17H,7-13H2,1-2H3. The average molecular weight is 386 g/mol. The van der Waals surface area contributed by atoms with Gasteiger partial charge in [0.2, 0.25) is 5.89 Å². The van der Waals surface area contributed by atoms with Crippen LogP contribution in [0.4, 0.5) is 5.69 Å². The van der Waals surface area contributed by atoms with Gasteiger partial charge < -0.3 is 23.8 Å². The molecule has 0 aliphatic carbocycles. The number of morpholine rings is 1. The molecule has 2 aromatic rings. The van der Waals surface area contributed by atoms with Crippen molar-refractivity contribution in [3.05, 3.63) is 36.0 Å². The summed E-state index contributed by atoms with van der Waals surface area (Å²) < 4.78 is 16.8. The molecule has 0 N–H and O–H groups in total. The second kappa shape index (κ2) is 8.18. The van der Waals surface area contributed by atoms with Crippen LogP contribution in [0.15, 0.2) is 28.8 Å². The molecule has 0 spiro atoms. The minimum Gasteiger partial charge on any atom is -0.477 e. The maximum atomic E-state index is 13.0. The number of amides is 1. The fourth-order valence-electron chi connectivity index (χ4n) is 3.53. The molecule has 0 radical (unpaired) electrons. The first-order valence-electron chi connectivity index (χ1n) is 9.79. The molecule has 0 saturated carbocycles. The fraction of sp³-hybridized carbons (Fsp3) is 0.550. The van der Waals surface area contributed by atoms with Crippen LogP contribution in [-0.2, 0) is 22.5 Å². The van der Waals surface area contributed by atoms with Gasteiger partial charge in [-0.3, -0.25) is 4.79 Å². The monoisotopic (exact) mass is 386 g/mol. The third kappa shape index (κ3) is 4.11. The predicted molar refractivity (Wildman–Crippen MR) is 102 cm³/mol. The van der Waals surface area contributed by atoms with Gasteiger partial charge in [0.05, 0.1) is 32.0 Å². The summed E-state index contributed by atoms with van der Waals surface area (Å²) in [5.74, 6) is 2.41. The van der Waals surface area contributed by atoms with Crippen molar-refractivity contribution in [2.24, 2.45) is 5.92 Å². The van der Waals surface area contributed by atoms with Crippen LogP contribution in [0, 0.1) is 5.92 Å². The number of para-hydroxylation sites is 2. The van der Waals surface area contributed by atoms with Gasteiger partial charge in [-0.1, -0.05) is 31.1 Å². The van der Waals surface area contributed by atoms with Crippen molar-refractivity contribution in [2.45, 2.75) is 32.9 Å². The third-order valence-electron chi connectivity index (χ3n) is 4.88. The van der Waals surface area contributed by atoms with Gasteiger partial charge in [-0.15, -0.1) is 0 Å². The number of benzene rings is 1. The van der Waals surface area contributed by atoms with Crippen LogP contribution in [0.1, 0.15) is 25.6 Å². The molecular formula is C20H26N4O4. The molecule has 1 aromatic carbocycles. The Hall–Kier alpha value is -2.61. The molecule has 2 aliphatic heterocycles. The van der Waals surface area contributed by atoms with Gasteiger partial charge in [-0.25, -0.2) is 0 Å². The van der Waals surface area contributed by atoms with Crippen LogP contribution in [0.5, 0.6) is 5.75 Å². The Morgan fingerprint density at radius 1 is 1.25 bits per heavy atom. The minimum absolute atomic E-state index is 0.00332. The summed E-state index contributed by atoms with van der Waals surface area (Å²) >= 11 is 0. The lowest BCUT2D eigenvalue weighted by Crippen LogP contribution is -2.52. The molecule has 4 rings (SSSR count). The zero-order valence-corrected chi connectivity index (χ0v) is 16.3. The largest absolute Gasteiger partial charge is 0.477 e. The molecule has 150 valence electrons. The van der Waals surface area contributed by atoms with Crippen molar-refractivity contribution in [2.75, 3.05) is 37.7 Å². The number of hydrogen-bond acceptors (Lipinski definition) is 7. The Morgan fingerprint density at radius 3 is 2.82 bits per heavy atom. The number of aromatic nitrogens is 2. The summed E-state index contributed by atoms with van der Waals surface area (Å²) in [5.41, 5.74) is 0.934. The van der Waals surface area contributed by atoms with E-state index in [0.29, 0.717) is 62.8 Å². The van der Waals surface area contributed by atoms with E-state index < -0.39 is 6.10 Å². The maximum absolute atomic E-state index is 13.0. The van der Waals surface area contributed by atoms with Crippen molar-refractivity contribution in [3.8, 4) is 5.75 Å². The molecule has 1 unspecified atom stereocenters. The van der Waals surface area contributed by atoms with Gasteiger partial charge in [0, 0.05) is 19.5 Å².